The van der Waals surface area contributed by atoms with Gasteiger partial charge < -0.3 is 19.3 Å². The van der Waals surface area contributed by atoms with Crippen LogP contribution in [-0.4, -0.2) is 48.9 Å². The number of carbonyl (C=O) groups excluding carboxylic acids is 2. The first-order valence-electron chi connectivity index (χ1n) is 10.9. The predicted octanol–water partition coefficient (Wildman–Crippen LogP) is 3.58. The van der Waals surface area contributed by atoms with E-state index in [9.17, 15) is 14.7 Å². The van der Waals surface area contributed by atoms with Crippen LogP contribution >= 0.6 is 0 Å². The summed E-state index contributed by atoms with van der Waals surface area (Å²) in [5, 5.41) is 11.1. The van der Waals surface area contributed by atoms with Crippen molar-refractivity contribution in [3.8, 4) is 5.75 Å². The van der Waals surface area contributed by atoms with Crippen LogP contribution in [0, 0.1) is 0 Å². The first-order chi connectivity index (χ1) is 16.0. The van der Waals surface area contributed by atoms with Crippen LogP contribution in [0.1, 0.15) is 37.4 Å². The molecular weight excluding hydrogens is 420 g/mol. The maximum Gasteiger partial charge on any atom is 0.295 e. The molecule has 2 aromatic heterocycles. The molecule has 0 bridgehead atoms. The Bertz CT molecular complexity index is 1140. The third-order valence-corrected chi connectivity index (χ3v) is 5.44. The van der Waals surface area contributed by atoms with Crippen LogP contribution in [0.2, 0.25) is 0 Å². The summed E-state index contributed by atoms with van der Waals surface area (Å²) in [7, 11) is 0. The molecule has 4 rings (SSSR count). The molecule has 0 spiro atoms. The Morgan fingerprint density at radius 2 is 1.76 bits per heavy atom. The molecule has 0 aliphatic carbocycles. The van der Waals surface area contributed by atoms with Gasteiger partial charge in [-0.15, -0.1) is 0 Å². The number of ketones is 1. The van der Waals surface area contributed by atoms with Gasteiger partial charge in [0.25, 0.3) is 11.7 Å². The summed E-state index contributed by atoms with van der Waals surface area (Å²) in [6.07, 6.45) is 9.12. The average molecular weight is 447 g/mol. The number of Topliss-reactive ketones (excluding diaryl/α,β-unsaturated/α-hetero) is 1. The molecule has 1 saturated heterocycles. The van der Waals surface area contributed by atoms with Gasteiger partial charge in [0.2, 0.25) is 0 Å². The summed E-state index contributed by atoms with van der Waals surface area (Å²) in [4.78, 5) is 35.6. The van der Waals surface area contributed by atoms with Crippen LogP contribution in [0.5, 0.6) is 5.75 Å². The van der Waals surface area contributed by atoms with Crippen molar-refractivity contribution in [2.45, 2.75) is 39.0 Å². The number of amides is 1. The highest BCUT2D eigenvalue weighted by Gasteiger charge is 2.45. The number of nitrogens with zero attached hydrogens (tertiary/aromatic N) is 4. The Hall–Kier alpha value is -3.94. The van der Waals surface area contributed by atoms with Crippen LogP contribution in [0.15, 0.2) is 73.1 Å². The molecule has 3 aromatic rings. The topological polar surface area (TPSA) is 97.6 Å². The van der Waals surface area contributed by atoms with Gasteiger partial charge in [-0.05, 0) is 62.2 Å². The van der Waals surface area contributed by atoms with Crippen molar-refractivity contribution in [1.29, 1.82) is 0 Å². The lowest BCUT2D eigenvalue weighted by Gasteiger charge is -2.25. The van der Waals surface area contributed by atoms with Gasteiger partial charge in [0.05, 0.1) is 24.0 Å². The van der Waals surface area contributed by atoms with Gasteiger partial charge in [0.1, 0.15) is 11.5 Å². The number of aliphatic hydroxyl groups excluding tert-OH is 1. The van der Waals surface area contributed by atoms with Crippen molar-refractivity contribution < 1.29 is 19.4 Å². The van der Waals surface area contributed by atoms with Crippen LogP contribution in [0.25, 0.3) is 5.76 Å². The number of benzene rings is 1. The number of imidazole rings is 1. The molecule has 1 atom stereocenters. The molecule has 33 heavy (non-hydrogen) atoms. The zero-order valence-electron chi connectivity index (χ0n) is 18.6. The van der Waals surface area contributed by atoms with Crippen molar-refractivity contribution >= 4 is 17.4 Å². The quantitative estimate of drug-likeness (QED) is 0.323. The average Bonchev–Trinajstić information content (AvgIpc) is 3.41. The van der Waals surface area contributed by atoms with Crippen LogP contribution in [-0.2, 0) is 16.1 Å². The summed E-state index contributed by atoms with van der Waals surface area (Å²) in [5.74, 6) is -0.862. The fourth-order valence-corrected chi connectivity index (χ4v) is 3.96. The minimum atomic E-state index is -0.695. The zero-order chi connectivity index (χ0) is 23.4. The van der Waals surface area contributed by atoms with Gasteiger partial charge in [0, 0.05) is 43.4 Å². The van der Waals surface area contributed by atoms with E-state index in [4.69, 9.17) is 4.74 Å². The van der Waals surface area contributed by atoms with Crippen molar-refractivity contribution in [2.24, 2.45) is 0 Å². The number of pyridine rings is 1. The normalized spacial score (nSPS) is 17.7. The number of aliphatic hydroxyl groups is 1. The standard InChI is InChI=1S/C25H26N4O4/c1-17(2)33-20-6-4-19(5-7-20)23(30)21-22(18-8-10-26-11-9-18)29(25(32)24(21)31)14-3-13-28-15-12-27-16-28/h4-12,15-17,22,30H,3,13-14H2,1-2H3/t22-/m0/s1. The van der Waals surface area contributed by atoms with Crippen molar-refractivity contribution in [3.05, 3.63) is 84.2 Å². The van der Waals surface area contributed by atoms with Crippen molar-refractivity contribution in [2.75, 3.05) is 6.54 Å². The molecule has 8 nitrogen and oxygen atoms in total. The Morgan fingerprint density at radius 1 is 1.03 bits per heavy atom. The summed E-state index contributed by atoms with van der Waals surface area (Å²) < 4.78 is 7.57. The van der Waals surface area contributed by atoms with Crippen LogP contribution < -0.4 is 4.74 Å². The van der Waals surface area contributed by atoms with Crippen LogP contribution in [0.3, 0.4) is 0 Å². The Labute approximate surface area is 192 Å². The number of likely N-dealkylation sites (tertiary alicyclic amines) is 1. The lowest BCUT2D eigenvalue weighted by atomic mass is 9.96. The molecule has 1 fully saturated rings. The highest BCUT2D eigenvalue weighted by atomic mass is 16.5. The molecule has 3 heterocycles. The number of aromatic nitrogens is 3. The van der Waals surface area contributed by atoms with E-state index in [-0.39, 0.29) is 17.4 Å². The molecule has 1 N–H and O–H groups in total. The summed E-state index contributed by atoms with van der Waals surface area (Å²) in [6.45, 7) is 4.87. The minimum absolute atomic E-state index is 0.0174. The fraction of sp³-hybridized carbons (Fsp3) is 0.280. The molecule has 1 aliphatic rings. The molecule has 0 unspecified atom stereocenters. The molecule has 0 radical (unpaired) electrons. The van der Waals surface area contributed by atoms with E-state index >= 15 is 0 Å². The van der Waals surface area contributed by atoms with E-state index in [0.29, 0.717) is 36.4 Å². The summed E-state index contributed by atoms with van der Waals surface area (Å²) >= 11 is 0. The van der Waals surface area contributed by atoms with E-state index in [1.165, 1.54) is 4.90 Å². The molecular formula is C25H26N4O4. The fourth-order valence-electron chi connectivity index (χ4n) is 3.96. The van der Waals surface area contributed by atoms with E-state index in [1.807, 2.05) is 24.6 Å². The second-order valence-electron chi connectivity index (χ2n) is 8.12. The molecule has 1 amide bonds. The Morgan fingerprint density at radius 3 is 2.39 bits per heavy atom. The van der Waals surface area contributed by atoms with Gasteiger partial charge in [-0.1, -0.05) is 0 Å². The smallest absolute Gasteiger partial charge is 0.295 e. The van der Waals surface area contributed by atoms with Gasteiger partial charge in [-0.2, -0.15) is 0 Å². The lowest BCUT2D eigenvalue weighted by Crippen LogP contribution is -2.31. The van der Waals surface area contributed by atoms with E-state index < -0.39 is 17.7 Å². The first kappa shape index (κ1) is 22.3. The third-order valence-electron chi connectivity index (χ3n) is 5.44. The molecule has 170 valence electrons. The number of carbonyl (C=O) groups is 2. The highest BCUT2D eigenvalue weighted by Crippen LogP contribution is 2.39. The summed E-state index contributed by atoms with van der Waals surface area (Å²) in [5.41, 5.74) is 1.24. The molecule has 1 aliphatic heterocycles. The van der Waals surface area contributed by atoms with E-state index in [2.05, 4.69) is 9.97 Å². The van der Waals surface area contributed by atoms with Gasteiger partial charge in [-0.3, -0.25) is 14.6 Å². The van der Waals surface area contributed by atoms with Crippen molar-refractivity contribution in [1.82, 2.24) is 19.4 Å². The second-order valence-corrected chi connectivity index (χ2v) is 8.12. The van der Waals surface area contributed by atoms with Crippen molar-refractivity contribution in [3.63, 3.8) is 0 Å². The van der Waals surface area contributed by atoms with Crippen LogP contribution in [0.4, 0.5) is 0 Å². The minimum Gasteiger partial charge on any atom is -0.507 e. The number of hydrogen-bond donors (Lipinski definition) is 1. The zero-order valence-corrected chi connectivity index (χ0v) is 18.6. The number of rotatable bonds is 8. The monoisotopic (exact) mass is 446 g/mol. The lowest BCUT2D eigenvalue weighted by molar-refractivity contribution is -0.139. The largest absolute Gasteiger partial charge is 0.507 e. The Kier molecular flexibility index (Phi) is 6.53. The van der Waals surface area contributed by atoms with Gasteiger partial charge in [-0.25, -0.2) is 4.98 Å². The highest BCUT2D eigenvalue weighted by molar-refractivity contribution is 6.46. The number of aryl methyl sites for hydroxylation is 1. The van der Waals surface area contributed by atoms with E-state index in [1.54, 1.807) is 61.3 Å². The predicted molar refractivity (Wildman–Crippen MR) is 122 cm³/mol. The third kappa shape index (κ3) is 4.79. The van der Waals surface area contributed by atoms with Gasteiger partial charge >= 0.3 is 0 Å². The Balaban J connectivity index is 1.67. The maximum absolute atomic E-state index is 13.1. The SMILES string of the molecule is CC(C)Oc1ccc(C(O)=C2C(=O)C(=O)N(CCCn3ccnc3)[C@H]2c2ccncc2)cc1. The number of ether oxygens (including phenoxy) is 1. The maximum atomic E-state index is 13.1. The van der Waals surface area contributed by atoms with E-state index in [0.717, 1.165) is 0 Å². The second kappa shape index (κ2) is 9.68. The van der Waals surface area contributed by atoms with Gasteiger partial charge in [0.15, 0.2) is 0 Å². The molecule has 1 aromatic carbocycles. The molecule has 8 heteroatoms. The molecule has 0 saturated carbocycles. The summed E-state index contributed by atoms with van der Waals surface area (Å²) in [6, 6.07) is 9.66. The first-order valence-corrected chi connectivity index (χ1v) is 10.9. The number of hydrogen-bond acceptors (Lipinski definition) is 6.